The van der Waals surface area contributed by atoms with Gasteiger partial charge in [0.05, 0.1) is 11.6 Å². The van der Waals surface area contributed by atoms with Crippen molar-refractivity contribution in [2.24, 2.45) is 5.92 Å². The highest BCUT2D eigenvalue weighted by molar-refractivity contribution is 5.90. The molecule has 3 aromatic rings. The SMILES string of the molecule is CC[C@@H]1CC(C)C(Nc2cccc3nc(C)ncc23)c2cccc(C)c21. The number of fused-ring (bicyclic) bond motifs is 2. The second-order valence-corrected chi connectivity index (χ2v) is 7.67. The van der Waals surface area contributed by atoms with Gasteiger partial charge in [-0.15, -0.1) is 0 Å². The summed E-state index contributed by atoms with van der Waals surface area (Å²) in [6.45, 7) is 8.87. The monoisotopic (exact) mass is 345 g/mol. The Bertz CT molecular complexity index is 947. The molecule has 0 aliphatic heterocycles. The highest BCUT2D eigenvalue weighted by Gasteiger charge is 2.32. The van der Waals surface area contributed by atoms with E-state index in [-0.39, 0.29) is 0 Å². The molecule has 134 valence electrons. The number of hydrogen-bond acceptors (Lipinski definition) is 3. The van der Waals surface area contributed by atoms with E-state index in [1.54, 1.807) is 5.56 Å². The zero-order valence-electron chi connectivity index (χ0n) is 16.1. The van der Waals surface area contributed by atoms with Crippen LogP contribution in [0.3, 0.4) is 0 Å². The molecular formula is C23H27N3. The molecule has 1 N–H and O–H groups in total. The Morgan fingerprint density at radius 2 is 1.92 bits per heavy atom. The highest BCUT2D eigenvalue weighted by atomic mass is 14.9. The smallest absolute Gasteiger partial charge is 0.125 e. The molecule has 0 amide bonds. The standard InChI is InChI=1S/C23H27N3/c1-5-17-12-15(3)23(18-9-6-8-14(2)22(17)18)26-21-11-7-10-20-19(21)13-24-16(4)25-20/h6-11,13,15,17,23,26H,5,12H2,1-4H3/t15?,17-,23?/m1/s1. The van der Waals surface area contributed by atoms with E-state index in [0.29, 0.717) is 17.9 Å². The Hall–Kier alpha value is -2.42. The maximum atomic E-state index is 4.58. The number of aromatic nitrogens is 2. The van der Waals surface area contributed by atoms with Crippen molar-refractivity contribution in [3.63, 3.8) is 0 Å². The molecule has 3 heteroatoms. The summed E-state index contributed by atoms with van der Waals surface area (Å²) in [5.41, 5.74) is 6.56. The van der Waals surface area contributed by atoms with E-state index in [9.17, 15) is 0 Å². The van der Waals surface area contributed by atoms with Gasteiger partial charge in [0.25, 0.3) is 0 Å². The Morgan fingerprint density at radius 3 is 2.73 bits per heavy atom. The van der Waals surface area contributed by atoms with Crippen molar-refractivity contribution in [3.05, 3.63) is 65.1 Å². The molecule has 0 saturated heterocycles. The number of nitrogens with one attached hydrogen (secondary N) is 1. The lowest BCUT2D eigenvalue weighted by Crippen LogP contribution is -2.28. The molecular weight excluding hydrogens is 318 g/mol. The van der Waals surface area contributed by atoms with Gasteiger partial charge in [0.2, 0.25) is 0 Å². The molecule has 1 aliphatic carbocycles. The predicted molar refractivity (Wildman–Crippen MR) is 109 cm³/mol. The van der Waals surface area contributed by atoms with Crippen molar-refractivity contribution in [3.8, 4) is 0 Å². The zero-order chi connectivity index (χ0) is 18.3. The summed E-state index contributed by atoms with van der Waals surface area (Å²) in [5, 5.41) is 4.94. The van der Waals surface area contributed by atoms with Gasteiger partial charge in [0, 0.05) is 17.3 Å². The van der Waals surface area contributed by atoms with Crippen LogP contribution in [0.1, 0.15) is 61.2 Å². The Kier molecular flexibility index (Phi) is 4.39. The normalized spacial score (nSPS) is 22.2. The van der Waals surface area contributed by atoms with Crippen molar-refractivity contribution < 1.29 is 0 Å². The van der Waals surface area contributed by atoms with Crippen LogP contribution in [0, 0.1) is 19.8 Å². The first-order valence-electron chi connectivity index (χ1n) is 9.66. The maximum Gasteiger partial charge on any atom is 0.125 e. The molecule has 2 aromatic carbocycles. The van der Waals surface area contributed by atoms with Gasteiger partial charge in [-0.1, -0.05) is 38.1 Å². The Balaban J connectivity index is 1.78. The average Bonchev–Trinajstić information content (AvgIpc) is 2.63. The van der Waals surface area contributed by atoms with Crippen LogP contribution < -0.4 is 5.32 Å². The van der Waals surface area contributed by atoms with E-state index in [1.165, 1.54) is 24.0 Å². The van der Waals surface area contributed by atoms with Crippen molar-refractivity contribution >= 4 is 16.6 Å². The summed E-state index contributed by atoms with van der Waals surface area (Å²) in [7, 11) is 0. The highest BCUT2D eigenvalue weighted by Crippen LogP contribution is 2.45. The quantitative estimate of drug-likeness (QED) is 0.639. The molecule has 2 unspecified atom stereocenters. The lowest BCUT2D eigenvalue weighted by molar-refractivity contribution is 0.376. The molecule has 3 atom stereocenters. The fourth-order valence-electron chi connectivity index (χ4n) is 4.57. The van der Waals surface area contributed by atoms with Crippen LogP contribution in [0.4, 0.5) is 5.69 Å². The van der Waals surface area contributed by atoms with E-state index < -0.39 is 0 Å². The molecule has 0 saturated carbocycles. The lowest BCUT2D eigenvalue weighted by atomic mass is 9.72. The predicted octanol–water partition coefficient (Wildman–Crippen LogP) is 5.93. The van der Waals surface area contributed by atoms with Crippen LogP contribution in [-0.2, 0) is 0 Å². The van der Waals surface area contributed by atoms with E-state index in [2.05, 4.69) is 72.5 Å². The largest absolute Gasteiger partial charge is 0.377 e. The van der Waals surface area contributed by atoms with E-state index in [0.717, 1.165) is 22.4 Å². The first-order chi connectivity index (χ1) is 12.6. The topological polar surface area (TPSA) is 37.8 Å². The van der Waals surface area contributed by atoms with E-state index in [1.807, 2.05) is 13.1 Å². The van der Waals surface area contributed by atoms with E-state index >= 15 is 0 Å². The van der Waals surface area contributed by atoms with Crippen LogP contribution in [0.2, 0.25) is 0 Å². The molecule has 1 heterocycles. The summed E-state index contributed by atoms with van der Waals surface area (Å²) in [6, 6.07) is 13.4. The molecule has 0 bridgehead atoms. The third-order valence-electron chi connectivity index (χ3n) is 5.88. The number of aryl methyl sites for hydroxylation is 2. The zero-order valence-corrected chi connectivity index (χ0v) is 16.1. The second kappa shape index (κ2) is 6.71. The Morgan fingerprint density at radius 1 is 1.12 bits per heavy atom. The van der Waals surface area contributed by atoms with E-state index in [4.69, 9.17) is 0 Å². The molecule has 1 aromatic heterocycles. The summed E-state index contributed by atoms with van der Waals surface area (Å²) < 4.78 is 0. The Labute approximate surface area is 155 Å². The summed E-state index contributed by atoms with van der Waals surface area (Å²) in [4.78, 5) is 8.99. The molecule has 0 radical (unpaired) electrons. The number of benzene rings is 2. The molecule has 26 heavy (non-hydrogen) atoms. The van der Waals surface area contributed by atoms with Gasteiger partial charge < -0.3 is 5.32 Å². The van der Waals surface area contributed by atoms with Crippen molar-refractivity contribution in [1.29, 1.82) is 0 Å². The molecule has 3 nitrogen and oxygen atoms in total. The fourth-order valence-corrected chi connectivity index (χ4v) is 4.57. The van der Waals surface area contributed by atoms with Crippen molar-refractivity contribution in [2.75, 3.05) is 5.32 Å². The minimum atomic E-state index is 0.319. The van der Waals surface area contributed by atoms with Crippen LogP contribution in [-0.4, -0.2) is 9.97 Å². The number of hydrogen-bond donors (Lipinski definition) is 1. The minimum absolute atomic E-state index is 0.319. The third kappa shape index (κ3) is 2.86. The van der Waals surface area contributed by atoms with Gasteiger partial charge in [-0.3, -0.25) is 0 Å². The molecule has 0 spiro atoms. The summed E-state index contributed by atoms with van der Waals surface area (Å²) in [5.74, 6) is 2.06. The fraction of sp³-hybridized carbons (Fsp3) is 0.391. The van der Waals surface area contributed by atoms with Crippen molar-refractivity contribution in [1.82, 2.24) is 9.97 Å². The van der Waals surface area contributed by atoms with Crippen LogP contribution in [0.5, 0.6) is 0 Å². The number of rotatable bonds is 3. The van der Waals surface area contributed by atoms with Crippen LogP contribution in [0.15, 0.2) is 42.6 Å². The summed E-state index contributed by atoms with van der Waals surface area (Å²) in [6.07, 6.45) is 4.38. The van der Waals surface area contributed by atoms with Crippen LogP contribution >= 0.6 is 0 Å². The maximum absolute atomic E-state index is 4.58. The molecule has 1 aliphatic rings. The van der Waals surface area contributed by atoms with Crippen molar-refractivity contribution in [2.45, 2.75) is 52.5 Å². The first kappa shape index (κ1) is 17.0. The van der Waals surface area contributed by atoms with Gasteiger partial charge in [-0.2, -0.15) is 0 Å². The lowest BCUT2D eigenvalue weighted by Gasteiger charge is -2.38. The number of anilines is 1. The van der Waals surface area contributed by atoms with Gasteiger partial charge in [0.1, 0.15) is 5.82 Å². The first-order valence-corrected chi connectivity index (χ1v) is 9.66. The molecule has 4 rings (SSSR count). The van der Waals surface area contributed by atoms with Crippen LogP contribution in [0.25, 0.3) is 10.9 Å². The second-order valence-electron chi connectivity index (χ2n) is 7.67. The van der Waals surface area contributed by atoms with Gasteiger partial charge in [0.15, 0.2) is 0 Å². The van der Waals surface area contributed by atoms with Gasteiger partial charge in [-0.25, -0.2) is 9.97 Å². The van der Waals surface area contributed by atoms with Gasteiger partial charge >= 0.3 is 0 Å². The average molecular weight is 345 g/mol. The third-order valence-corrected chi connectivity index (χ3v) is 5.88. The minimum Gasteiger partial charge on any atom is -0.377 e. The summed E-state index contributed by atoms with van der Waals surface area (Å²) >= 11 is 0. The molecule has 0 fully saturated rings. The number of nitrogens with zero attached hydrogens (tertiary/aromatic N) is 2. The van der Waals surface area contributed by atoms with Gasteiger partial charge in [-0.05, 0) is 67.3 Å².